The predicted octanol–water partition coefficient (Wildman–Crippen LogP) is 4.76. The van der Waals surface area contributed by atoms with Gasteiger partial charge in [0.05, 0.1) is 5.75 Å². The summed E-state index contributed by atoms with van der Waals surface area (Å²) < 4.78 is 28.1. The molecule has 0 saturated carbocycles. The van der Waals surface area contributed by atoms with Crippen molar-refractivity contribution in [3.8, 4) is 0 Å². The normalized spacial score (nSPS) is 10.9. The van der Waals surface area contributed by atoms with Crippen LogP contribution in [-0.4, -0.2) is 28.7 Å². The highest BCUT2D eigenvalue weighted by Crippen LogP contribution is 2.29. The van der Waals surface area contributed by atoms with E-state index in [1.807, 2.05) is 35.0 Å². The fourth-order valence-electron chi connectivity index (χ4n) is 3.50. The molecule has 2 amide bonds. The lowest BCUT2D eigenvalue weighted by Gasteiger charge is -2.07. The molecule has 0 unspecified atom stereocenters. The Hall–Kier alpha value is -3.65. The molecule has 8 heteroatoms. The summed E-state index contributed by atoms with van der Waals surface area (Å²) in [6, 6.07) is 19.3. The number of fused-ring (bicyclic) bond motifs is 1. The zero-order chi connectivity index (χ0) is 23.9. The van der Waals surface area contributed by atoms with Crippen molar-refractivity contribution in [2.24, 2.45) is 0 Å². The highest BCUT2D eigenvalue weighted by Gasteiger charge is 2.12. The number of thioether (sulfide) groups is 1. The molecule has 174 valence electrons. The lowest BCUT2D eigenvalue weighted by Crippen LogP contribution is -2.27. The molecule has 5 nitrogen and oxygen atoms in total. The standard InChI is InChI=1S/C26H23F2N3O2S/c27-20-9-5-18(6-10-20)15-30-25(32)17-34-24-16-31(23-4-2-1-3-22(23)24)14-13-29-26(33)19-7-11-21(28)12-8-19/h1-12,16H,13-15,17H2,(H,29,33)(H,30,32). The van der Waals surface area contributed by atoms with Gasteiger partial charge in [-0.25, -0.2) is 8.78 Å². The van der Waals surface area contributed by atoms with Crippen molar-refractivity contribution >= 4 is 34.5 Å². The number of nitrogens with one attached hydrogen (secondary N) is 2. The molecule has 0 radical (unpaired) electrons. The van der Waals surface area contributed by atoms with Crippen LogP contribution in [0.2, 0.25) is 0 Å². The van der Waals surface area contributed by atoms with Gasteiger partial charge in [0.15, 0.2) is 0 Å². The van der Waals surface area contributed by atoms with E-state index < -0.39 is 0 Å². The molecule has 0 aliphatic rings. The number of para-hydroxylation sites is 1. The molecule has 0 bridgehead atoms. The molecular weight excluding hydrogens is 456 g/mol. The Balaban J connectivity index is 1.33. The number of carbonyl (C=O) groups excluding carboxylic acids is 2. The second-order valence-corrected chi connectivity index (χ2v) is 8.68. The zero-order valence-corrected chi connectivity index (χ0v) is 19.1. The van der Waals surface area contributed by atoms with Gasteiger partial charge in [0.25, 0.3) is 5.91 Å². The predicted molar refractivity (Wildman–Crippen MR) is 130 cm³/mol. The summed E-state index contributed by atoms with van der Waals surface area (Å²) in [4.78, 5) is 25.6. The lowest BCUT2D eigenvalue weighted by molar-refractivity contribution is -0.118. The van der Waals surface area contributed by atoms with Crippen molar-refractivity contribution < 1.29 is 18.4 Å². The van der Waals surface area contributed by atoms with Crippen molar-refractivity contribution in [3.05, 3.63) is 102 Å². The van der Waals surface area contributed by atoms with E-state index in [4.69, 9.17) is 0 Å². The van der Waals surface area contributed by atoms with Gasteiger partial charge in [0.2, 0.25) is 5.91 Å². The average Bonchev–Trinajstić information content (AvgIpc) is 3.20. The third-order valence-electron chi connectivity index (χ3n) is 5.26. The van der Waals surface area contributed by atoms with Crippen molar-refractivity contribution in [2.45, 2.75) is 18.0 Å². The first kappa shape index (κ1) is 23.5. The van der Waals surface area contributed by atoms with Crippen molar-refractivity contribution in [1.29, 1.82) is 0 Å². The van der Waals surface area contributed by atoms with E-state index in [1.165, 1.54) is 48.2 Å². The molecule has 0 aliphatic heterocycles. The van der Waals surface area contributed by atoms with E-state index in [-0.39, 0.29) is 29.2 Å². The molecule has 0 atom stereocenters. The van der Waals surface area contributed by atoms with Crippen molar-refractivity contribution in [1.82, 2.24) is 15.2 Å². The van der Waals surface area contributed by atoms with E-state index in [2.05, 4.69) is 10.6 Å². The number of halogens is 2. The highest BCUT2D eigenvalue weighted by molar-refractivity contribution is 8.00. The van der Waals surface area contributed by atoms with Gasteiger partial charge in [-0.05, 0) is 48.0 Å². The van der Waals surface area contributed by atoms with E-state index in [9.17, 15) is 18.4 Å². The Bertz CT molecular complexity index is 1290. The topological polar surface area (TPSA) is 63.1 Å². The van der Waals surface area contributed by atoms with Gasteiger partial charge < -0.3 is 15.2 Å². The van der Waals surface area contributed by atoms with Gasteiger partial charge in [0, 0.05) is 47.2 Å². The summed E-state index contributed by atoms with van der Waals surface area (Å²) in [5, 5.41) is 6.73. The summed E-state index contributed by atoms with van der Waals surface area (Å²) >= 11 is 1.44. The maximum atomic E-state index is 13.0. The molecule has 3 aromatic carbocycles. The minimum absolute atomic E-state index is 0.113. The average molecular weight is 480 g/mol. The van der Waals surface area contributed by atoms with Crippen LogP contribution in [0.3, 0.4) is 0 Å². The largest absolute Gasteiger partial charge is 0.351 e. The zero-order valence-electron chi connectivity index (χ0n) is 18.3. The third-order valence-corrected chi connectivity index (χ3v) is 6.30. The van der Waals surface area contributed by atoms with Gasteiger partial charge in [-0.2, -0.15) is 0 Å². The van der Waals surface area contributed by atoms with Crippen LogP contribution in [0.4, 0.5) is 8.78 Å². The molecule has 34 heavy (non-hydrogen) atoms. The molecule has 0 aliphatic carbocycles. The second kappa shape index (κ2) is 11.0. The minimum Gasteiger partial charge on any atom is -0.351 e. The van der Waals surface area contributed by atoms with Crippen LogP contribution in [-0.2, 0) is 17.9 Å². The van der Waals surface area contributed by atoms with Crippen LogP contribution >= 0.6 is 11.8 Å². The van der Waals surface area contributed by atoms with Gasteiger partial charge in [-0.15, -0.1) is 11.8 Å². The third kappa shape index (κ3) is 6.02. The summed E-state index contributed by atoms with van der Waals surface area (Å²) in [6.45, 7) is 1.29. The van der Waals surface area contributed by atoms with E-state index in [0.29, 0.717) is 25.2 Å². The fourth-order valence-corrected chi connectivity index (χ4v) is 4.42. The summed E-state index contributed by atoms with van der Waals surface area (Å²) in [6.07, 6.45) is 1.98. The van der Waals surface area contributed by atoms with Crippen LogP contribution in [0.25, 0.3) is 10.9 Å². The van der Waals surface area contributed by atoms with E-state index in [1.54, 1.807) is 12.1 Å². The minimum atomic E-state index is -0.385. The smallest absolute Gasteiger partial charge is 0.251 e. The number of rotatable bonds is 9. The molecular formula is C26H23F2N3O2S. The van der Waals surface area contributed by atoms with Crippen molar-refractivity contribution in [2.75, 3.05) is 12.3 Å². The molecule has 2 N–H and O–H groups in total. The van der Waals surface area contributed by atoms with E-state index in [0.717, 1.165) is 21.4 Å². The van der Waals surface area contributed by atoms with Gasteiger partial charge in [-0.3, -0.25) is 9.59 Å². The Labute approximate surface area is 200 Å². The van der Waals surface area contributed by atoms with Gasteiger partial charge >= 0.3 is 0 Å². The highest BCUT2D eigenvalue weighted by atomic mass is 32.2. The van der Waals surface area contributed by atoms with Crippen LogP contribution in [0.5, 0.6) is 0 Å². The Kier molecular flexibility index (Phi) is 7.59. The van der Waals surface area contributed by atoms with Gasteiger partial charge in [-0.1, -0.05) is 30.3 Å². The molecule has 4 rings (SSSR count). The lowest BCUT2D eigenvalue weighted by atomic mass is 10.2. The molecule has 0 saturated heterocycles. The molecule has 4 aromatic rings. The molecule has 1 aromatic heterocycles. The number of aromatic nitrogens is 1. The van der Waals surface area contributed by atoms with E-state index >= 15 is 0 Å². The number of hydrogen-bond acceptors (Lipinski definition) is 3. The molecule has 0 spiro atoms. The molecule has 0 fully saturated rings. The number of benzene rings is 3. The number of hydrogen-bond donors (Lipinski definition) is 2. The Morgan fingerprint density at radius 1 is 0.853 bits per heavy atom. The quantitative estimate of drug-likeness (QED) is 0.341. The van der Waals surface area contributed by atoms with Crippen LogP contribution in [0, 0.1) is 11.6 Å². The van der Waals surface area contributed by atoms with Crippen LogP contribution in [0.1, 0.15) is 15.9 Å². The maximum absolute atomic E-state index is 13.0. The van der Waals surface area contributed by atoms with Crippen LogP contribution < -0.4 is 10.6 Å². The van der Waals surface area contributed by atoms with Gasteiger partial charge in [0.1, 0.15) is 11.6 Å². The summed E-state index contributed by atoms with van der Waals surface area (Å²) in [5.41, 5.74) is 2.24. The SMILES string of the molecule is O=C(CSc1cn(CCNC(=O)c2ccc(F)cc2)c2ccccc12)NCc1ccc(F)cc1. The van der Waals surface area contributed by atoms with Crippen molar-refractivity contribution in [3.63, 3.8) is 0 Å². The first-order valence-corrected chi connectivity index (χ1v) is 11.7. The first-order chi connectivity index (χ1) is 16.5. The number of amides is 2. The van der Waals surface area contributed by atoms with Crippen LogP contribution in [0.15, 0.2) is 83.9 Å². The monoisotopic (exact) mass is 479 g/mol. The number of carbonyl (C=O) groups is 2. The fraction of sp³-hybridized carbons (Fsp3) is 0.154. The summed E-state index contributed by atoms with van der Waals surface area (Å²) in [7, 11) is 0. The maximum Gasteiger partial charge on any atom is 0.251 e. The Morgan fingerprint density at radius 3 is 2.26 bits per heavy atom. The number of nitrogens with zero attached hydrogens (tertiary/aromatic N) is 1. The Morgan fingerprint density at radius 2 is 1.53 bits per heavy atom. The summed E-state index contributed by atoms with van der Waals surface area (Å²) in [5.74, 6) is -0.820. The second-order valence-electron chi connectivity index (χ2n) is 7.66. The first-order valence-electron chi connectivity index (χ1n) is 10.8. The molecule has 1 heterocycles.